The van der Waals surface area contributed by atoms with Crippen LogP contribution in [0.2, 0.25) is 0 Å². The number of methoxy groups -OCH3 is 1. The fourth-order valence-electron chi connectivity index (χ4n) is 4.48. The molecule has 0 amide bonds. The lowest BCUT2D eigenvalue weighted by Gasteiger charge is -2.34. The Bertz CT molecular complexity index is 947. The zero-order valence-electron chi connectivity index (χ0n) is 18.6. The fraction of sp³-hybridized carbons (Fsp3) is 0.522. The summed E-state index contributed by atoms with van der Waals surface area (Å²) in [6.45, 7) is 4.38. The van der Waals surface area contributed by atoms with Crippen molar-refractivity contribution in [1.82, 2.24) is 5.32 Å². The van der Waals surface area contributed by atoms with Gasteiger partial charge in [-0.3, -0.25) is 19.9 Å². The van der Waals surface area contributed by atoms with Crippen LogP contribution in [0.5, 0.6) is 0 Å². The van der Waals surface area contributed by atoms with Crippen molar-refractivity contribution in [3.8, 4) is 0 Å². The lowest BCUT2D eigenvalue weighted by Crippen LogP contribution is -2.40. The van der Waals surface area contributed by atoms with Gasteiger partial charge in [-0.2, -0.15) is 0 Å². The fourth-order valence-corrected chi connectivity index (χ4v) is 4.48. The van der Waals surface area contributed by atoms with Gasteiger partial charge in [-0.15, -0.1) is 0 Å². The first kappa shape index (κ1) is 23.6. The maximum Gasteiger partial charge on any atom is 0.336 e. The Kier molecular flexibility index (Phi) is 7.74. The molecule has 1 saturated heterocycles. The molecule has 3 rings (SSSR count). The van der Waals surface area contributed by atoms with E-state index in [2.05, 4.69) is 5.32 Å². The molecule has 172 valence electrons. The summed E-state index contributed by atoms with van der Waals surface area (Å²) in [6, 6.07) is 5.84. The molecule has 1 N–H and O–H groups in total. The summed E-state index contributed by atoms with van der Waals surface area (Å²) >= 11 is 0. The summed E-state index contributed by atoms with van der Waals surface area (Å²) in [4.78, 5) is 41.7. The molecule has 0 aromatic heterocycles. The average molecular weight is 444 g/mol. The van der Waals surface area contributed by atoms with Crippen LogP contribution in [0.4, 0.5) is 5.69 Å². The maximum absolute atomic E-state index is 13.2. The summed E-state index contributed by atoms with van der Waals surface area (Å²) in [5.74, 6) is -2.83. The second-order valence-corrected chi connectivity index (χ2v) is 7.96. The molecule has 0 spiro atoms. The molecular weight excluding hydrogens is 414 g/mol. The summed E-state index contributed by atoms with van der Waals surface area (Å²) in [5.41, 5.74) is 1.65. The number of rotatable bonds is 6. The predicted molar refractivity (Wildman–Crippen MR) is 118 cm³/mol. The van der Waals surface area contributed by atoms with Gasteiger partial charge in [0.2, 0.25) is 0 Å². The van der Waals surface area contributed by atoms with Gasteiger partial charge >= 0.3 is 11.9 Å². The van der Waals surface area contributed by atoms with E-state index in [4.69, 9.17) is 14.5 Å². The molecule has 0 saturated carbocycles. The molecule has 9 nitrogen and oxygen atoms in total. The van der Waals surface area contributed by atoms with E-state index < -0.39 is 28.7 Å². The van der Waals surface area contributed by atoms with E-state index in [1.807, 2.05) is 0 Å². The number of hydrogen-bond donors (Lipinski definition) is 1. The van der Waals surface area contributed by atoms with Crippen LogP contribution in [0.25, 0.3) is 0 Å². The molecule has 32 heavy (non-hydrogen) atoms. The van der Waals surface area contributed by atoms with Crippen molar-refractivity contribution in [3.63, 3.8) is 0 Å². The topological polar surface area (TPSA) is 120 Å². The number of esters is 2. The second-order valence-electron chi connectivity index (χ2n) is 7.96. The first-order chi connectivity index (χ1) is 15.4. The van der Waals surface area contributed by atoms with Gasteiger partial charge in [-0.05, 0) is 38.8 Å². The zero-order valence-corrected chi connectivity index (χ0v) is 18.6. The Labute approximate surface area is 187 Å². The molecule has 2 heterocycles. The summed E-state index contributed by atoms with van der Waals surface area (Å²) in [5, 5.41) is 14.9. The van der Waals surface area contributed by atoms with Gasteiger partial charge in [0, 0.05) is 23.8 Å². The predicted octanol–water partition coefficient (Wildman–Crippen LogP) is 3.29. The number of hydrogen-bond acceptors (Lipinski definition) is 8. The normalized spacial score (nSPS) is 23.7. The number of carbonyl (C=O) groups excluding carboxylic acids is 2. The summed E-state index contributed by atoms with van der Waals surface area (Å²) in [7, 11) is 1.27. The van der Waals surface area contributed by atoms with Crippen molar-refractivity contribution in [2.75, 3.05) is 20.3 Å². The van der Waals surface area contributed by atoms with Crippen molar-refractivity contribution < 1.29 is 24.0 Å². The average Bonchev–Trinajstić information content (AvgIpc) is 3.07. The molecule has 2 aliphatic rings. The minimum Gasteiger partial charge on any atom is -0.468 e. The second kappa shape index (κ2) is 10.5. The molecular formula is C23H29N3O6. The Morgan fingerprint density at radius 2 is 2.06 bits per heavy atom. The van der Waals surface area contributed by atoms with Crippen LogP contribution in [0.15, 0.2) is 40.5 Å². The van der Waals surface area contributed by atoms with Gasteiger partial charge in [-0.25, -0.2) is 4.79 Å². The SMILES string of the molecule is CCOC(=O)C1=C(C2CCCCCN2)N=C(C)C(C(=O)OC)C1c1cccc([N+](=O)[O-])c1. The smallest absolute Gasteiger partial charge is 0.336 e. The molecule has 1 aromatic carbocycles. The Morgan fingerprint density at radius 3 is 2.75 bits per heavy atom. The Morgan fingerprint density at radius 1 is 1.28 bits per heavy atom. The lowest BCUT2D eigenvalue weighted by molar-refractivity contribution is -0.384. The quantitative estimate of drug-likeness (QED) is 0.407. The molecule has 0 bridgehead atoms. The highest BCUT2D eigenvalue weighted by atomic mass is 16.6. The number of nitro benzene ring substituents is 1. The lowest BCUT2D eigenvalue weighted by atomic mass is 9.74. The molecule has 9 heteroatoms. The molecule has 3 unspecified atom stereocenters. The van der Waals surface area contributed by atoms with Crippen molar-refractivity contribution >= 4 is 23.3 Å². The van der Waals surface area contributed by atoms with Gasteiger partial charge in [0.15, 0.2) is 0 Å². The van der Waals surface area contributed by atoms with Crippen LogP contribution < -0.4 is 5.32 Å². The zero-order chi connectivity index (χ0) is 23.3. The highest BCUT2D eigenvalue weighted by Gasteiger charge is 2.44. The highest BCUT2D eigenvalue weighted by Crippen LogP contribution is 2.42. The van der Waals surface area contributed by atoms with Crippen LogP contribution in [0, 0.1) is 16.0 Å². The third-order valence-electron chi connectivity index (χ3n) is 5.95. The largest absolute Gasteiger partial charge is 0.468 e. The van der Waals surface area contributed by atoms with E-state index in [1.165, 1.54) is 19.2 Å². The number of aliphatic imine (C=N–C) groups is 1. The van der Waals surface area contributed by atoms with E-state index in [0.717, 1.165) is 32.2 Å². The summed E-state index contributed by atoms with van der Waals surface area (Å²) in [6.07, 6.45) is 3.88. The Balaban J connectivity index is 2.25. The van der Waals surface area contributed by atoms with E-state index in [-0.39, 0.29) is 23.9 Å². The van der Waals surface area contributed by atoms with Gasteiger partial charge in [-0.1, -0.05) is 25.0 Å². The maximum atomic E-state index is 13.2. The third kappa shape index (κ3) is 4.88. The monoisotopic (exact) mass is 443 g/mol. The number of ether oxygens (including phenoxy) is 2. The molecule has 3 atom stereocenters. The van der Waals surface area contributed by atoms with Crippen molar-refractivity contribution in [3.05, 3.63) is 51.2 Å². The first-order valence-corrected chi connectivity index (χ1v) is 10.9. The number of nitro groups is 1. The van der Waals surface area contributed by atoms with Gasteiger partial charge in [0.25, 0.3) is 5.69 Å². The van der Waals surface area contributed by atoms with Crippen LogP contribution in [0.3, 0.4) is 0 Å². The van der Waals surface area contributed by atoms with Crippen molar-refractivity contribution in [1.29, 1.82) is 0 Å². The molecule has 1 fully saturated rings. The van der Waals surface area contributed by atoms with E-state index in [1.54, 1.807) is 26.0 Å². The minimum absolute atomic E-state index is 0.122. The highest BCUT2D eigenvalue weighted by molar-refractivity contribution is 6.07. The van der Waals surface area contributed by atoms with Crippen LogP contribution >= 0.6 is 0 Å². The standard InChI is InChI=1S/C23H29N3O6/c1-4-32-23(28)20-19(15-9-8-10-16(13-15)26(29)30)18(22(27)31-3)14(2)25-21(20)17-11-6-5-7-12-24-17/h8-10,13,17-19,24H,4-7,11-12H2,1-3H3. The van der Waals surface area contributed by atoms with Gasteiger partial charge in [0.05, 0.1) is 36.0 Å². The molecule has 0 radical (unpaired) electrons. The van der Waals surface area contributed by atoms with Crippen LogP contribution in [-0.4, -0.2) is 48.9 Å². The van der Waals surface area contributed by atoms with E-state index in [0.29, 0.717) is 17.0 Å². The van der Waals surface area contributed by atoms with Crippen molar-refractivity contribution in [2.24, 2.45) is 10.9 Å². The third-order valence-corrected chi connectivity index (χ3v) is 5.95. The number of nitrogens with zero attached hydrogens (tertiary/aromatic N) is 2. The molecule has 0 aliphatic carbocycles. The summed E-state index contributed by atoms with van der Waals surface area (Å²) < 4.78 is 10.4. The number of nitrogens with one attached hydrogen (secondary N) is 1. The van der Waals surface area contributed by atoms with Crippen LogP contribution in [-0.2, 0) is 19.1 Å². The number of benzene rings is 1. The Hall–Kier alpha value is -3.07. The van der Waals surface area contributed by atoms with Crippen LogP contribution in [0.1, 0.15) is 51.0 Å². The first-order valence-electron chi connectivity index (χ1n) is 10.9. The molecule has 1 aromatic rings. The minimum atomic E-state index is -0.893. The van der Waals surface area contributed by atoms with Gasteiger partial charge in [0.1, 0.15) is 5.92 Å². The molecule has 2 aliphatic heterocycles. The van der Waals surface area contributed by atoms with E-state index in [9.17, 15) is 19.7 Å². The van der Waals surface area contributed by atoms with Gasteiger partial charge < -0.3 is 14.8 Å². The van der Waals surface area contributed by atoms with Crippen molar-refractivity contribution in [2.45, 2.75) is 51.5 Å². The number of carbonyl (C=O) groups is 2. The van der Waals surface area contributed by atoms with E-state index >= 15 is 0 Å². The number of non-ortho nitro benzene ring substituents is 1.